The first kappa shape index (κ1) is 90.1. The van der Waals surface area contributed by atoms with Crippen LogP contribution in [0.3, 0.4) is 0 Å². The molecule has 32 nitrogen and oxygen atoms in total. The fourth-order valence-electron chi connectivity index (χ4n) is 9.83. The van der Waals surface area contributed by atoms with Crippen LogP contribution < -0.4 is 5.32 Å². The van der Waals surface area contributed by atoms with E-state index in [1.54, 1.807) is 13.8 Å². The number of carbonyl (C=O) groups excluding carboxylic acids is 1. The predicted octanol–water partition coefficient (Wildman–Crippen LogP) is 3.35. The van der Waals surface area contributed by atoms with Gasteiger partial charge in [0.05, 0.1) is 91.5 Å². The van der Waals surface area contributed by atoms with E-state index in [0.29, 0.717) is 90.3 Å². The van der Waals surface area contributed by atoms with E-state index in [1.165, 1.54) is 6.92 Å². The Morgan fingerprint density at radius 2 is 0.688 bits per heavy atom. The molecule has 0 aromatic rings. The maximum Gasteiger partial charge on any atom is 0.472 e. The average molecular weight is 1420 g/mol. The molecule has 0 aliphatic carbocycles. The highest BCUT2D eigenvalue weighted by molar-refractivity contribution is 7.47. The smallest absolute Gasteiger partial charge is 0.394 e. The van der Waals surface area contributed by atoms with Crippen molar-refractivity contribution >= 4 is 29.4 Å². The number of unbranched alkanes of at least 4 members (excludes halogenated alkanes) is 9. The number of phosphoric acid groups is 3. The molecule has 3 aliphatic heterocycles. The minimum Gasteiger partial charge on any atom is -0.394 e. The van der Waals surface area contributed by atoms with E-state index in [1.807, 2.05) is 13.8 Å². The van der Waals surface area contributed by atoms with Crippen LogP contribution in [0.4, 0.5) is 0 Å². The van der Waals surface area contributed by atoms with E-state index < -0.39 is 146 Å². The summed E-state index contributed by atoms with van der Waals surface area (Å²) in [4.78, 5) is 42.5. The summed E-state index contributed by atoms with van der Waals surface area (Å²) < 4.78 is 121. The van der Waals surface area contributed by atoms with E-state index >= 15 is 0 Å². The zero-order valence-corrected chi connectivity index (χ0v) is 56.2. The summed E-state index contributed by atoms with van der Waals surface area (Å²) in [5.74, 6) is -1.59. The number of aliphatic hydroxyl groups is 9. The maximum absolute atomic E-state index is 12.6. The summed E-state index contributed by atoms with van der Waals surface area (Å²) in [5, 5.41) is 92.0. The maximum atomic E-state index is 12.6. The average Bonchev–Trinajstić information content (AvgIpc) is 0.852. The predicted molar refractivity (Wildman–Crippen MR) is 335 cm³/mol. The molecule has 0 saturated carbocycles. The van der Waals surface area contributed by atoms with Crippen molar-refractivity contribution in [3.63, 3.8) is 0 Å². The fourth-order valence-corrected chi connectivity index (χ4v) is 12.2. The quantitative estimate of drug-likeness (QED) is 0.0307. The van der Waals surface area contributed by atoms with Gasteiger partial charge in [-0.1, -0.05) is 81.1 Å². The van der Waals surface area contributed by atoms with E-state index in [2.05, 4.69) is 5.32 Å². The van der Waals surface area contributed by atoms with Crippen LogP contribution >= 0.6 is 23.5 Å². The third-order valence-corrected chi connectivity index (χ3v) is 18.9. The van der Waals surface area contributed by atoms with Gasteiger partial charge in [-0.2, -0.15) is 0 Å². The molecule has 0 aromatic heterocycles. The second-order valence-corrected chi connectivity index (χ2v) is 27.9. The molecular weight excluding hydrogens is 1300 g/mol. The van der Waals surface area contributed by atoms with Gasteiger partial charge in [-0.25, -0.2) is 13.7 Å². The second kappa shape index (κ2) is 48.8. The number of nitrogens with one attached hydrogen (secondary N) is 1. The molecule has 9 unspecified atom stereocenters. The van der Waals surface area contributed by atoms with Crippen molar-refractivity contribution in [3.8, 4) is 0 Å². The topological polar surface area (TPSA) is 462 Å². The first-order chi connectivity index (χ1) is 43.2. The number of aliphatic hydroxyl groups excluding tert-OH is 9. The summed E-state index contributed by atoms with van der Waals surface area (Å²) in [6.07, 6.45) is -5.46. The third-order valence-electron chi connectivity index (χ3n) is 15.8. The number of carbonyl (C=O) groups is 1. The standard InChI is InChI=1S/C56H110NO31P3.2CH4/c1-39(2)56(36-74-21-18-30-83-89(68,69)80-27-15-9-6-12-24-77-53-40(3)47(62)49(64)43(33-58)86-53,37-75-22-19-31-84-90(70,71)81-28-16-10-7-13-25-78-54-41(4)48(63)50(65)44(34-59)87-54)38-76-23-20-32-85-91(72,73)82-29-17-11-8-14-26-79-55-46(57-42(5)61)52(67)51(66)45(35-60)88-55;;/h39-41,43-55,58-60,62-67H,6-38H2,1-5H3,(H,57,61)(H,68,69)(H,70,71)(H,72,73);2*1H4/t40?,41?,43?,44?,45?,46?,47-,48-,49+,50+,51+,52-,53-,54-,55-,56?;;/m1../s1. The van der Waals surface area contributed by atoms with Gasteiger partial charge >= 0.3 is 23.5 Å². The highest BCUT2D eigenvalue weighted by atomic mass is 31.2. The zero-order valence-electron chi connectivity index (χ0n) is 53.5. The van der Waals surface area contributed by atoms with Gasteiger partial charge in [0.15, 0.2) is 18.9 Å². The molecule has 0 bridgehead atoms. The van der Waals surface area contributed by atoms with Crippen LogP contribution in [-0.4, -0.2) is 265 Å². The molecule has 3 aliphatic rings. The number of rotatable bonds is 53. The first-order valence-electron chi connectivity index (χ1n) is 31.8. The van der Waals surface area contributed by atoms with Gasteiger partial charge in [-0.05, 0) is 63.7 Å². The monoisotopic (exact) mass is 1420 g/mol. The summed E-state index contributed by atoms with van der Waals surface area (Å²) >= 11 is 0. The molecule has 0 aromatic carbocycles. The summed E-state index contributed by atoms with van der Waals surface area (Å²) in [6.45, 7) is 7.81. The molecule has 93 heavy (non-hydrogen) atoms. The van der Waals surface area contributed by atoms with Gasteiger partial charge in [-0.3, -0.25) is 31.9 Å². The molecular formula is C58H118NO31P3. The Bertz CT molecular complexity index is 1980. The van der Waals surface area contributed by atoms with Crippen LogP contribution in [0.5, 0.6) is 0 Å². The van der Waals surface area contributed by atoms with Crippen molar-refractivity contribution in [1.82, 2.24) is 5.32 Å². The van der Waals surface area contributed by atoms with Gasteiger partial charge in [0.25, 0.3) is 0 Å². The Kier molecular flexibility index (Phi) is 47.3. The second-order valence-electron chi connectivity index (χ2n) is 23.6. The van der Waals surface area contributed by atoms with Gasteiger partial charge in [-0.15, -0.1) is 0 Å². The van der Waals surface area contributed by atoms with Crippen LogP contribution in [0.2, 0.25) is 0 Å². The highest BCUT2D eigenvalue weighted by Gasteiger charge is 2.46. The van der Waals surface area contributed by atoms with Crippen molar-refractivity contribution in [2.45, 2.75) is 226 Å². The summed E-state index contributed by atoms with van der Waals surface area (Å²) in [7, 11) is -13.2. The Morgan fingerprint density at radius 3 is 0.978 bits per heavy atom. The Hall–Kier alpha value is -0.920. The van der Waals surface area contributed by atoms with Gasteiger partial charge in [0.1, 0.15) is 48.8 Å². The Labute approximate surface area is 549 Å². The molecule has 35 heteroatoms. The van der Waals surface area contributed by atoms with Gasteiger partial charge in [0, 0.05) is 63.8 Å². The third kappa shape index (κ3) is 34.8. The van der Waals surface area contributed by atoms with Crippen molar-refractivity contribution < 1.29 is 149 Å². The number of hydrogen-bond acceptors (Lipinski definition) is 28. The number of amides is 1. The molecule has 0 spiro atoms. The Balaban J connectivity index is 0.0000216. The first-order valence-corrected chi connectivity index (χ1v) is 36.3. The van der Waals surface area contributed by atoms with E-state index in [4.69, 9.17) is 69.8 Å². The van der Waals surface area contributed by atoms with Crippen LogP contribution in [0, 0.1) is 23.2 Å². The van der Waals surface area contributed by atoms with E-state index in [9.17, 15) is 79.1 Å². The van der Waals surface area contributed by atoms with Crippen LogP contribution in [0.1, 0.15) is 146 Å². The fraction of sp³-hybridized carbons (Fsp3) is 0.983. The largest absolute Gasteiger partial charge is 0.472 e. The van der Waals surface area contributed by atoms with Gasteiger partial charge < -0.3 is 109 Å². The zero-order chi connectivity index (χ0) is 67.5. The SMILES string of the molecule is C.C.CC(=O)NC1[C@H](OCCCCCCOP(=O)(O)OCCCOCC(COCCCOP(=O)(O)OCCCCCCO[C@@H]2OC(CO)[C@H](O)[C@H](O)C2C)(COCCCOP(=O)(O)OCCCCCCO[C@@H]2OC(CO)[C@H](O)[C@H](O)C2C)C(C)C)OC(CO)[C@H](O)[C@@H]1O. The Morgan fingerprint density at radius 1 is 0.419 bits per heavy atom. The van der Waals surface area contributed by atoms with Crippen LogP contribution in [0.25, 0.3) is 0 Å². The lowest BCUT2D eigenvalue weighted by Gasteiger charge is -2.42. The van der Waals surface area contributed by atoms with Crippen molar-refractivity contribution in [1.29, 1.82) is 0 Å². The van der Waals surface area contributed by atoms with Crippen molar-refractivity contribution in [2.24, 2.45) is 23.2 Å². The van der Waals surface area contributed by atoms with Crippen LogP contribution in [-0.2, 0) is 88.3 Å². The minimum atomic E-state index is -4.41. The molecule has 3 rings (SSSR count). The molecule has 18 atom stereocenters. The lowest BCUT2D eigenvalue weighted by Crippen LogP contribution is -2.64. The van der Waals surface area contributed by atoms with Crippen molar-refractivity contribution in [2.75, 3.05) is 119 Å². The van der Waals surface area contributed by atoms with Gasteiger partial charge in [0.2, 0.25) is 5.91 Å². The molecule has 556 valence electrons. The minimum absolute atomic E-state index is 0. The summed E-state index contributed by atoms with van der Waals surface area (Å²) in [5.41, 5.74) is -0.769. The van der Waals surface area contributed by atoms with Crippen molar-refractivity contribution in [3.05, 3.63) is 0 Å². The lowest BCUT2D eigenvalue weighted by molar-refractivity contribution is -0.282. The normalized spacial score (nSPS) is 29.3. The van der Waals surface area contributed by atoms with E-state index in [-0.39, 0.29) is 126 Å². The number of phosphoric ester groups is 3. The lowest BCUT2D eigenvalue weighted by atomic mass is 9.79. The highest BCUT2D eigenvalue weighted by Crippen LogP contribution is 2.45. The molecule has 3 heterocycles. The number of ether oxygens (including phenoxy) is 9. The molecule has 13 N–H and O–H groups in total. The molecule has 1 amide bonds. The van der Waals surface area contributed by atoms with Crippen LogP contribution in [0.15, 0.2) is 0 Å². The molecule has 3 fully saturated rings. The van der Waals surface area contributed by atoms with E-state index in [0.717, 1.165) is 0 Å². The number of hydrogen-bond donors (Lipinski definition) is 13. The summed E-state index contributed by atoms with van der Waals surface area (Å²) in [6, 6.07) is -1.06. The molecule has 0 radical (unpaired) electrons. The molecule has 3 saturated heterocycles.